The summed E-state index contributed by atoms with van der Waals surface area (Å²) in [5.74, 6) is -3.00. The Balaban J connectivity index is 2.61. The Morgan fingerprint density at radius 2 is 1.90 bits per heavy atom. The SMILES string of the molecule is N#Cc1c(F)cccc1C(C(=O)O)c1ccc(Cl)cc1. The number of hydrogen-bond acceptors (Lipinski definition) is 2. The van der Waals surface area contributed by atoms with Gasteiger partial charge in [0.05, 0.1) is 5.56 Å². The lowest BCUT2D eigenvalue weighted by molar-refractivity contribution is -0.137. The van der Waals surface area contributed by atoms with Gasteiger partial charge in [-0.2, -0.15) is 5.26 Å². The normalized spacial score (nSPS) is 11.7. The fourth-order valence-corrected chi connectivity index (χ4v) is 2.14. The Bertz CT molecular complexity index is 692. The quantitative estimate of drug-likeness (QED) is 0.939. The van der Waals surface area contributed by atoms with Crippen molar-refractivity contribution in [3.63, 3.8) is 0 Å². The highest BCUT2D eigenvalue weighted by molar-refractivity contribution is 6.30. The van der Waals surface area contributed by atoms with E-state index in [9.17, 15) is 14.3 Å². The molecule has 0 radical (unpaired) electrons. The van der Waals surface area contributed by atoms with Gasteiger partial charge in [0.1, 0.15) is 17.8 Å². The predicted molar refractivity (Wildman–Crippen MR) is 72.0 cm³/mol. The highest BCUT2D eigenvalue weighted by Crippen LogP contribution is 2.29. The Morgan fingerprint density at radius 3 is 2.45 bits per heavy atom. The molecule has 1 atom stereocenters. The largest absolute Gasteiger partial charge is 0.481 e. The molecule has 0 aliphatic carbocycles. The van der Waals surface area contributed by atoms with Gasteiger partial charge in [-0.1, -0.05) is 35.9 Å². The van der Waals surface area contributed by atoms with Crippen LogP contribution in [-0.2, 0) is 4.79 Å². The number of rotatable bonds is 3. The van der Waals surface area contributed by atoms with Gasteiger partial charge in [0.15, 0.2) is 0 Å². The first-order valence-electron chi connectivity index (χ1n) is 5.71. The van der Waals surface area contributed by atoms with E-state index in [1.165, 1.54) is 12.1 Å². The van der Waals surface area contributed by atoms with E-state index in [1.54, 1.807) is 30.3 Å². The minimum atomic E-state index is -1.16. The standard InChI is InChI=1S/C15H9ClFNO2/c16-10-6-4-9(5-7-10)14(15(19)20)11-2-1-3-13(17)12(11)8-18/h1-7,14H,(H,19,20). The van der Waals surface area contributed by atoms with Gasteiger partial charge in [0, 0.05) is 5.02 Å². The molecular weight excluding hydrogens is 281 g/mol. The number of carboxylic acids is 1. The molecule has 100 valence electrons. The first-order chi connectivity index (χ1) is 9.54. The molecule has 0 aromatic heterocycles. The van der Waals surface area contributed by atoms with Crippen LogP contribution in [0.2, 0.25) is 5.02 Å². The molecule has 0 saturated heterocycles. The van der Waals surface area contributed by atoms with E-state index in [0.29, 0.717) is 10.6 Å². The highest BCUT2D eigenvalue weighted by atomic mass is 35.5. The van der Waals surface area contributed by atoms with Crippen LogP contribution in [0.25, 0.3) is 0 Å². The summed E-state index contributed by atoms with van der Waals surface area (Å²) in [4.78, 5) is 11.5. The number of carboxylic acid groups (broad SMARTS) is 1. The first kappa shape index (κ1) is 14.0. The zero-order valence-electron chi connectivity index (χ0n) is 10.2. The molecule has 2 rings (SSSR count). The molecule has 1 N–H and O–H groups in total. The summed E-state index contributed by atoms with van der Waals surface area (Å²) in [6, 6.07) is 11.9. The van der Waals surface area contributed by atoms with E-state index in [0.717, 1.165) is 6.07 Å². The van der Waals surface area contributed by atoms with Crippen molar-refractivity contribution in [2.24, 2.45) is 0 Å². The molecule has 0 amide bonds. The van der Waals surface area contributed by atoms with Crippen molar-refractivity contribution < 1.29 is 14.3 Å². The second-order valence-corrected chi connectivity index (χ2v) is 4.58. The number of nitrogens with zero attached hydrogens (tertiary/aromatic N) is 1. The summed E-state index contributed by atoms with van der Waals surface area (Å²) in [6.45, 7) is 0. The fraction of sp³-hybridized carbons (Fsp3) is 0.0667. The Labute approximate surface area is 119 Å². The Kier molecular flexibility index (Phi) is 4.02. The van der Waals surface area contributed by atoms with E-state index in [-0.39, 0.29) is 11.1 Å². The van der Waals surface area contributed by atoms with Crippen LogP contribution in [0.1, 0.15) is 22.6 Å². The third-order valence-corrected chi connectivity index (χ3v) is 3.17. The number of halogens is 2. The second kappa shape index (κ2) is 5.72. The van der Waals surface area contributed by atoms with Crippen molar-refractivity contribution in [3.8, 4) is 6.07 Å². The molecular formula is C15H9ClFNO2. The molecule has 1 unspecified atom stereocenters. The topological polar surface area (TPSA) is 61.1 Å². The van der Waals surface area contributed by atoms with E-state index < -0.39 is 17.7 Å². The van der Waals surface area contributed by atoms with Gasteiger partial charge >= 0.3 is 5.97 Å². The molecule has 0 saturated carbocycles. The molecule has 0 aliphatic rings. The number of carbonyl (C=O) groups is 1. The summed E-state index contributed by atoms with van der Waals surface area (Å²) in [5, 5.41) is 18.9. The second-order valence-electron chi connectivity index (χ2n) is 4.14. The van der Waals surface area contributed by atoms with Crippen LogP contribution < -0.4 is 0 Å². The van der Waals surface area contributed by atoms with Gasteiger partial charge in [-0.05, 0) is 29.3 Å². The molecule has 0 spiro atoms. The molecule has 20 heavy (non-hydrogen) atoms. The van der Waals surface area contributed by atoms with E-state index in [4.69, 9.17) is 16.9 Å². The summed E-state index contributed by atoms with van der Waals surface area (Å²) < 4.78 is 13.6. The molecule has 0 aliphatic heterocycles. The average molecular weight is 290 g/mol. The number of nitriles is 1. The summed E-state index contributed by atoms with van der Waals surface area (Å²) in [6.07, 6.45) is 0. The number of benzene rings is 2. The van der Waals surface area contributed by atoms with Crippen LogP contribution in [0.3, 0.4) is 0 Å². The third kappa shape index (κ3) is 2.63. The van der Waals surface area contributed by atoms with Gasteiger partial charge in [0.25, 0.3) is 0 Å². The van der Waals surface area contributed by atoms with Crippen LogP contribution in [0.4, 0.5) is 4.39 Å². The zero-order valence-corrected chi connectivity index (χ0v) is 10.9. The first-order valence-corrected chi connectivity index (χ1v) is 6.09. The summed E-state index contributed by atoms with van der Waals surface area (Å²) in [7, 11) is 0. The molecule has 3 nitrogen and oxygen atoms in total. The van der Waals surface area contributed by atoms with Gasteiger partial charge in [-0.25, -0.2) is 4.39 Å². The minimum absolute atomic E-state index is 0.127. The molecule has 0 fully saturated rings. The Hall–Kier alpha value is -2.38. The maximum Gasteiger partial charge on any atom is 0.315 e. The third-order valence-electron chi connectivity index (χ3n) is 2.92. The van der Waals surface area contributed by atoms with E-state index in [2.05, 4.69) is 0 Å². The average Bonchev–Trinajstić information content (AvgIpc) is 2.41. The van der Waals surface area contributed by atoms with Gasteiger partial charge in [-0.15, -0.1) is 0 Å². The van der Waals surface area contributed by atoms with Crippen molar-refractivity contribution in [2.75, 3.05) is 0 Å². The lowest BCUT2D eigenvalue weighted by Gasteiger charge is -2.15. The van der Waals surface area contributed by atoms with Crippen molar-refractivity contribution in [1.82, 2.24) is 0 Å². The monoisotopic (exact) mass is 289 g/mol. The maximum absolute atomic E-state index is 13.6. The van der Waals surface area contributed by atoms with Crippen LogP contribution in [0.15, 0.2) is 42.5 Å². The molecule has 0 heterocycles. The van der Waals surface area contributed by atoms with Crippen molar-refractivity contribution in [2.45, 2.75) is 5.92 Å². The summed E-state index contributed by atoms with van der Waals surface area (Å²) >= 11 is 5.77. The lowest BCUT2D eigenvalue weighted by Crippen LogP contribution is -2.15. The molecule has 0 bridgehead atoms. The van der Waals surface area contributed by atoms with Gasteiger partial charge < -0.3 is 5.11 Å². The van der Waals surface area contributed by atoms with Crippen LogP contribution >= 0.6 is 11.6 Å². The van der Waals surface area contributed by atoms with Crippen molar-refractivity contribution >= 4 is 17.6 Å². The number of hydrogen-bond donors (Lipinski definition) is 1. The van der Waals surface area contributed by atoms with E-state index in [1.807, 2.05) is 0 Å². The minimum Gasteiger partial charge on any atom is -0.481 e. The van der Waals surface area contributed by atoms with Gasteiger partial charge in [-0.3, -0.25) is 4.79 Å². The number of aliphatic carboxylic acids is 1. The van der Waals surface area contributed by atoms with Gasteiger partial charge in [0.2, 0.25) is 0 Å². The molecule has 2 aromatic carbocycles. The van der Waals surface area contributed by atoms with Crippen molar-refractivity contribution in [1.29, 1.82) is 5.26 Å². The summed E-state index contributed by atoms with van der Waals surface area (Å²) in [5.41, 5.74) is 0.307. The van der Waals surface area contributed by atoms with E-state index >= 15 is 0 Å². The molecule has 5 heteroatoms. The highest BCUT2D eigenvalue weighted by Gasteiger charge is 2.26. The maximum atomic E-state index is 13.6. The Morgan fingerprint density at radius 1 is 1.25 bits per heavy atom. The zero-order chi connectivity index (χ0) is 14.7. The molecule has 2 aromatic rings. The fourth-order valence-electron chi connectivity index (χ4n) is 2.01. The smallest absolute Gasteiger partial charge is 0.315 e. The van der Waals surface area contributed by atoms with Crippen LogP contribution in [0, 0.1) is 17.1 Å². The predicted octanol–water partition coefficient (Wildman–Crippen LogP) is 3.57. The van der Waals surface area contributed by atoms with Crippen LogP contribution in [-0.4, -0.2) is 11.1 Å². The lowest BCUT2D eigenvalue weighted by atomic mass is 9.88. The van der Waals surface area contributed by atoms with Crippen LogP contribution in [0.5, 0.6) is 0 Å². The van der Waals surface area contributed by atoms with Crippen molar-refractivity contribution in [3.05, 3.63) is 70.0 Å².